The van der Waals surface area contributed by atoms with Crippen LogP contribution >= 0.6 is 0 Å². The molecule has 2 amide bonds. The van der Waals surface area contributed by atoms with E-state index in [1.165, 1.54) is 6.21 Å². The number of nitrogens with one attached hydrogen (secondary N) is 3. The third kappa shape index (κ3) is 6.04. The summed E-state index contributed by atoms with van der Waals surface area (Å²) in [4.78, 5) is 32.5. The van der Waals surface area contributed by atoms with Gasteiger partial charge < -0.3 is 15.0 Å². The summed E-state index contributed by atoms with van der Waals surface area (Å²) in [6, 6.07) is 19.8. The average molecular weight is 441 g/mol. The zero-order valence-corrected chi connectivity index (χ0v) is 17.8. The molecule has 8 heteroatoms. The number of H-pyrrole nitrogens is 1. The number of carbonyl (C=O) groups is 2. The minimum atomic E-state index is -0.890. The van der Waals surface area contributed by atoms with Crippen molar-refractivity contribution in [2.45, 2.75) is 19.1 Å². The molecular formula is C25H23N5O3. The van der Waals surface area contributed by atoms with E-state index in [1.807, 2.05) is 66.9 Å². The Morgan fingerprint density at radius 2 is 1.88 bits per heavy atom. The summed E-state index contributed by atoms with van der Waals surface area (Å²) in [6.07, 6.45) is 6.17. The lowest BCUT2D eigenvalue weighted by Crippen LogP contribution is -2.47. The van der Waals surface area contributed by atoms with Crippen LogP contribution in [0.15, 0.2) is 90.4 Å². The first-order valence-electron chi connectivity index (χ1n) is 10.4. The smallest absolute Gasteiger partial charge is 0.408 e. The number of benzene rings is 2. The molecule has 2 aromatic carbocycles. The van der Waals surface area contributed by atoms with Gasteiger partial charge in [0.25, 0.3) is 5.91 Å². The maximum absolute atomic E-state index is 12.9. The summed E-state index contributed by atoms with van der Waals surface area (Å²) in [7, 11) is 0. The molecule has 33 heavy (non-hydrogen) atoms. The molecule has 2 heterocycles. The van der Waals surface area contributed by atoms with Crippen LogP contribution in [0, 0.1) is 0 Å². The van der Waals surface area contributed by atoms with Crippen LogP contribution in [0.5, 0.6) is 0 Å². The number of fused-ring (bicyclic) bond motifs is 1. The van der Waals surface area contributed by atoms with E-state index >= 15 is 0 Å². The van der Waals surface area contributed by atoms with Gasteiger partial charge in [-0.05, 0) is 23.3 Å². The summed E-state index contributed by atoms with van der Waals surface area (Å²) in [5.41, 5.74) is 5.93. The number of carbonyl (C=O) groups excluding carboxylic acids is 2. The Labute approximate surface area is 190 Å². The molecule has 1 unspecified atom stereocenters. The lowest BCUT2D eigenvalue weighted by molar-refractivity contribution is -0.123. The van der Waals surface area contributed by atoms with E-state index in [-0.39, 0.29) is 13.0 Å². The third-order valence-electron chi connectivity index (χ3n) is 4.99. The molecule has 0 aliphatic rings. The molecule has 0 radical (unpaired) electrons. The van der Waals surface area contributed by atoms with Crippen molar-refractivity contribution in [1.29, 1.82) is 0 Å². The number of ether oxygens (including phenoxy) is 1. The van der Waals surface area contributed by atoms with Crippen LogP contribution in [0.1, 0.15) is 16.7 Å². The minimum Gasteiger partial charge on any atom is -0.445 e. The third-order valence-corrected chi connectivity index (χ3v) is 4.99. The largest absolute Gasteiger partial charge is 0.445 e. The van der Waals surface area contributed by atoms with Crippen molar-refractivity contribution in [2.24, 2.45) is 5.10 Å². The monoisotopic (exact) mass is 441 g/mol. The quantitative estimate of drug-likeness (QED) is 0.287. The fourth-order valence-electron chi connectivity index (χ4n) is 3.34. The Balaban J connectivity index is 1.45. The second-order valence-corrected chi connectivity index (χ2v) is 7.34. The van der Waals surface area contributed by atoms with E-state index in [9.17, 15) is 9.59 Å². The number of rotatable bonds is 8. The van der Waals surface area contributed by atoms with E-state index in [4.69, 9.17) is 4.74 Å². The number of amides is 2. The topological polar surface area (TPSA) is 108 Å². The van der Waals surface area contributed by atoms with Gasteiger partial charge in [0.15, 0.2) is 0 Å². The Kier molecular flexibility index (Phi) is 7.07. The number of hydrogen-bond acceptors (Lipinski definition) is 5. The van der Waals surface area contributed by atoms with Crippen LogP contribution in [0.4, 0.5) is 4.79 Å². The molecule has 0 aliphatic carbocycles. The summed E-state index contributed by atoms with van der Waals surface area (Å²) >= 11 is 0. The van der Waals surface area contributed by atoms with Crippen molar-refractivity contribution >= 4 is 29.1 Å². The fourth-order valence-corrected chi connectivity index (χ4v) is 3.34. The van der Waals surface area contributed by atoms with Gasteiger partial charge in [-0.15, -0.1) is 0 Å². The number of aromatic amines is 1. The van der Waals surface area contributed by atoms with E-state index < -0.39 is 18.0 Å². The van der Waals surface area contributed by atoms with Crippen LogP contribution in [0.25, 0.3) is 10.9 Å². The molecule has 3 N–H and O–H groups in total. The van der Waals surface area contributed by atoms with Crippen LogP contribution in [0.2, 0.25) is 0 Å². The molecule has 4 rings (SSSR count). The Morgan fingerprint density at radius 3 is 2.70 bits per heavy atom. The second kappa shape index (κ2) is 10.7. The first kappa shape index (κ1) is 21.8. The maximum atomic E-state index is 12.9. The predicted octanol–water partition coefficient (Wildman–Crippen LogP) is 3.55. The van der Waals surface area contributed by atoms with Gasteiger partial charge >= 0.3 is 6.09 Å². The molecule has 0 spiro atoms. The zero-order valence-electron chi connectivity index (χ0n) is 17.8. The van der Waals surface area contributed by atoms with Crippen molar-refractivity contribution in [2.75, 3.05) is 0 Å². The van der Waals surface area contributed by atoms with Gasteiger partial charge in [-0.1, -0.05) is 54.6 Å². The minimum absolute atomic E-state index is 0.104. The molecule has 4 aromatic rings. The summed E-state index contributed by atoms with van der Waals surface area (Å²) in [5.74, 6) is -0.461. The van der Waals surface area contributed by atoms with Crippen molar-refractivity contribution in [3.8, 4) is 0 Å². The van der Waals surface area contributed by atoms with Crippen LogP contribution in [-0.4, -0.2) is 34.2 Å². The number of alkyl carbamates (subject to hydrolysis) is 1. The van der Waals surface area contributed by atoms with Gasteiger partial charge in [0.05, 0.1) is 6.21 Å². The molecule has 8 nitrogen and oxygen atoms in total. The van der Waals surface area contributed by atoms with Gasteiger partial charge in [0, 0.05) is 41.5 Å². The van der Waals surface area contributed by atoms with E-state index in [2.05, 4.69) is 25.8 Å². The highest BCUT2D eigenvalue weighted by Crippen LogP contribution is 2.19. The number of hydrazone groups is 1. The number of nitrogens with zero attached hydrogens (tertiary/aromatic N) is 2. The average Bonchev–Trinajstić information content (AvgIpc) is 3.26. The molecule has 0 saturated carbocycles. The van der Waals surface area contributed by atoms with Crippen molar-refractivity contribution < 1.29 is 14.3 Å². The Bertz CT molecular complexity index is 1240. The Hall–Kier alpha value is -4.46. The van der Waals surface area contributed by atoms with Crippen molar-refractivity contribution in [3.05, 3.63) is 102 Å². The molecule has 1 atom stereocenters. The van der Waals surface area contributed by atoms with Gasteiger partial charge in [0.2, 0.25) is 0 Å². The lowest BCUT2D eigenvalue weighted by Gasteiger charge is -2.17. The molecule has 0 saturated heterocycles. The SMILES string of the molecule is O=C(NC(Cc1c[nH]c2ccccc12)C(=O)N/N=C/c1cccnc1)OCc1ccccc1. The van der Waals surface area contributed by atoms with Crippen LogP contribution < -0.4 is 10.7 Å². The van der Waals surface area contributed by atoms with Crippen LogP contribution in [0.3, 0.4) is 0 Å². The van der Waals surface area contributed by atoms with Gasteiger partial charge in [-0.25, -0.2) is 10.2 Å². The normalized spacial score (nSPS) is 11.9. The number of aromatic nitrogens is 2. The number of hydrogen-bond donors (Lipinski definition) is 3. The highest BCUT2D eigenvalue weighted by atomic mass is 16.5. The first-order valence-corrected chi connectivity index (χ1v) is 10.4. The summed E-state index contributed by atoms with van der Waals surface area (Å²) in [6.45, 7) is 0.104. The molecule has 0 fully saturated rings. The maximum Gasteiger partial charge on any atom is 0.408 e. The molecular weight excluding hydrogens is 418 g/mol. The Morgan fingerprint density at radius 1 is 1.06 bits per heavy atom. The van der Waals surface area contributed by atoms with E-state index in [1.54, 1.807) is 18.5 Å². The van der Waals surface area contributed by atoms with Crippen molar-refractivity contribution in [1.82, 2.24) is 20.7 Å². The zero-order chi connectivity index (χ0) is 22.9. The highest BCUT2D eigenvalue weighted by Gasteiger charge is 2.23. The van der Waals surface area contributed by atoms with E-state index in [0.717, 1.165) is 27.6 Å². The summed E-state index contributed by atoms with van der Waals surface area (Å²) in [5, 5.41) is 7.64. The molecule has 0 bridgehead atoms. The number of pyridine rings is 1. The standard InChI is InChI=1S/C25H23N5O3/c31-24(30-28-15-19-9-6-12-26-14-19)23(13-20-16-27-22-11-5-4-10-21(20)22)29-25(32)33-17-18-7-2-1-3-8-18/h1-12,14-16,23,27H,13,17H2,(H,29,32)(H,30,31)/b28-15+. The second-order valence-electron chi connectivity index (χ2n) is 7.34. The van der Waals surface area contributed by atoms with Gasteiger partial charge in [-0.3, -0.25) is 9.78 Å². The fraction of sp³-hybridized carbons (Fsp3) is 0.120. The first-order chi connectivity index (χ1) is 16.2. The predicted molar refractivity (Wildman–Crippen MR) is 126 cm³/mol. The van der Waals surface area contributed by atoms with Crippen LogP contribution in [-0.2, 0) is 22.6 Å². The molecule has 2 aromatic heterocycles. The molecule has 166 valence electrons. The molecule has 0 aliphatic heterocycles. The van der Waals surface area contributed by atoms with Gasteiger partial charge in [-0.2, -0.15) is 5.10 Å². The van der Waals surface area contributed by atoms with E-state index in [0.29, 0.717) is 0 Å². The summed E-state index contributed by atoms with van der Waals surface area (Å²) < 4.78 is 5.30. The highest BCUT2D eigenvalue weighted by molar-refractivity contribution is 5.89. The number of para-hydroxylation sites is 1. The lowest BCUT2D eigenvalue weighted by atomic mass is 10.0. The van der Waals surface area contributed by atoms with Crippen molar-refractivity contribution in [3.63, 3.8) is 0 Å². The van der Waals surface area contributed by atoms with Gasteiger partial charge in [0.1, 0.15) is 12.6 Å².